The zero-order chi connectivity index (χ0) is 13.9. The Morgan fingerprint density at radius 2 is 2.05 bits per heavy atom. The van der Waals surface area contributed by atoms with Crippen molar-refractivity contribution in [2.75, 3.05) is 13.2 Å². The topological polar surface area (TPSA) is 50.7 Å². The smallest absolute Gasteiger partial charge is 0.165 e. The van der Waals surface area contributed by atoms with Crippen LogP contribution in [0.1, 0.15) is 32.8 Å². The fourth-order valence-corrected chi connectivity index (χ4v) is 1.86. The van der Waals surface area contributed by atoms with Gasteiger partial charge in [0.1, 0.15) is 0 Å². The van der Waals surface area contributed by atoms with Crippen molar-refractivity contribution in [2.45, 2.75) is 45.4 Å². The van der Waals surface area contributed by atoms with Crippen molar-refractivity contribution in [2.24, 2.45) is 0 Å². The molecule has 1 aliphatic rings. The molecule has 1 aliphatic heterocycles. The Morgan fingerprint density at radius 3 is 2.79 bits per heavy atom. The molecular formula is C15H23NO3. The van der Waals surface area contributed by atoms with E-state index in [4.69, 9.17) is 9.47 Å². The minimum absolute atomic E-state index is 0.339. The third-order valence-corrected chi connectivity index (χ3v) is 3.63. The largest absolute Gasteiger partial charge is 0.490 e. The first-order valence-electron chi connectivity index (χ1n) is 6.81. The molecule has 2 rings (SSSR count). The van der Waals surface area contributed by atoms with Crippen molar-refractivity contribution in [3.63, 3.8) is 0 Å². The maximum absolute atomic E-state index is 9.72. The molecule has 2 N–H and O–H groups in total. The average molecular weight is 265 g/mol. The Morgan fingerprint density at radius 1 is 1.32 bits per heavy atom. The molecule has 0 saturated heterocycles. The Bertz CT molecular complexity index is 429. The third-order valence-electron chi connectivity index (χ3n) is 3.63. The molecule has 0 fully saturated rings. The van der Waals surface area contributed by atoms with Crippen LogP contribution in [0.15, 0.2) is 18.2 Å². The third kappa shape index (κ3) is 3.39. The molecule has 0 bridgehead atoms. The normalized spacial score (nSPS) is 16.8. The summed E-state index contributed by atoms with van der Waals surface area (Å²) in [7, 11) is 0. The second kappa shape index (κ2) is 5.80. The van der Waals surface area contributed by atoms with Gasteiger partial charge in [-0.05, 0) is 26.8 Å². The summed E-state index contributed by atoms with van der Waals surface area (Å²) >= 11 is 0. The molecule has 19 heavy (non-hydrogen) atoms. The van der Waals surface area contributed by atoms with Crippen LogP contribution in [-0.2, 0) is 6.54 Å². The molecule has 106 valence electrons. The zero-order valence-electron chi connectivity index (χ0n) is 11.9. The van der Waals surface area contributed by atoms with Gasteiger partial charge in [-0.2, -0.15) is 0 Å². The van der Waals surface area contributed by atoms with E-state index < -0.39 is 6.10 Å². The number of hydrogen-bond acceptors (Lipinski definition) is 4. The Labute approximate surface area is 114 Å². The summed E-state index contributed by atoms with van der Waals surface area (Å²) in [4.78, 5) is 0. The molecule has 0 saturated carbocycles. The average Bonchev–Trinajstić information content (AvgIpc) is 2.61. The zero-order valence-corrected chi connectivity index (χ0v) is 11.9. The van der Waals surface area contributed by atoms with Gasteiger partial charge in [0.2, 0.25) is 0 Å². The molecule has 1 unspecified atom stereocenters. The SMILES string of the molecule is CC(O)C(C)(C)NCc1cccc2c1OCCCO2. The van der Waals surface area contributed by atoms with E-state index >= 15 is 0 Å². The number of para-hydroxylation sites is 1. The number of benzene rings is 1. The fourth-order valence-electron chi connectivity index (χ4n) is 1.86. The van der Waals surface area contributed by atoms with Crippen molar-refractivity contribution in [3.05, 3.63) is 23.8 Å². The molecule has 4 heteroatoms. The molecule has 0 amide bonds. The van der Waals surface area contributed by atoms with Crippen LogP contribution in [-0.4, -0.2) is 30.0 Å². The maximum Gasteiger partial charge on any atom is 0.165 e. The lowest BCUT2D eigenvalue weighted by atomic mass is 9.98. The van der Waals surface area contributed by atoms with Crippen LogP contribution in [0, 0.1) is 0 Å². The summed E-state index contributed by atoms with van der Waals surface area (Å²) in [5, 5.41) is 13.1. The van der Waals surface area contributed by atoms with Gasteiger partial charge in [0.25, 0.3) is 0 Å². The molecule has 0 aromatic heterocycles. The summed E-state index contributed by atoms with van der Waals surface area (Å²) in [5.41, 5.74) is 0.724. The van der Waals surface area contributed by atoms with E-state index in [-0.39, 0.29) is 5.54 Å². The van der Waals surface area contributed by atoms with Crippen molar-refractivity contribution in [3.8, 4) is 11.5 Å². The molecule has 0 aliphatic carbocycles. The highest BCUT2D eigenvalue weighted by atomic mass is 16.5. The highest BCUT2D eigenvalue weighted by molar-refractivity contribution is 5.47. The molecule has 1 aromatic rings. The van der Waals surface area contributed by atoms with Crippen LogP contribution >= 0.6 is 0 Å². The first-order chi connectivity index (χ1) is 9.00. The minimum atomic E-state index is -0.424. The van der Waals surface area contributed by atoms with E-state index in [1.165, 1.54) is 0 Å². The predicted molar refractivity (Wildman–Crippen MR) is 74.6 cm³/mol. The Hall–Kier alpha value is -1.26. The summed E-state index contributed by atoms with van der Waals surface area (Å²) in [5.74, 6) is 1.64. The fraction of sp³-hybridized carbons (Fsp3) is 0.600. The Kier molecular flexibility index (Phi) is 4.32. The molecule has 1 atom stereocenters. The minimum Gasteiger partial charge on any atom is -0.490 e. The van der Waals surface area contributed by atoms with Gasteiger partial charge in [0, 0.05) is 24.1 Å². The monoisotopic (exact) mass is 265 g/mol. The lowest BCUT2D eigenvalue weighted by molar-refractivity contribution is 0.0954. The number of aliphatic hydroxyl groups is 1. The van der Waals surface area contributed by atoms with E-state index in [0.717, 1.165) is 23.5 Å². The number of aliphatic hydroxyl groups excluding tert-OH is 1. The second-order valence-electron chi connectivity index (χ2n) is 5.55. The van der Waals surface area contributed by atoms with E-state index in [9.17, 15) is 5.11 Å². The highest BCUT2D eigenvalue weighted by Crippen LogP contribution is 2.33. The number of nitrogens with one attached hydrogen (secondary N) is 1. The van der Waals surface area contributed by atoms with E-state index in [2.05, 4.69) is 5.32 Å². The van der Waals surface area contributed by atoms with Crippen LogP contribution in [0.5, 0.6) is 11.5 Å². The highest BCUT2D eigenvalue weighted by Gasteiger charge is 2.24. The quantitative estimate of drug-likeness (QED) is 0.875. The van der Waals surface area contributed by atoms with Crippen LogP contribution in [0.3, 0.4) is 0 Å². The van der Waals surface area contributed by atoms with Crippen LogP contribution < -0.4 is 14.8 Å². The van der Waals surface area contributed by atoms with Crippen molar-refractivity contribution in [1.82, 2.24) is 5.32 Å². The molecular weight excluding hydrogens is 242 g/mol. The van der Waals surface area contributed by atoms with Gasteiger partial charge in [-0.1, -0.05) is 12.1 Å². The number of rotatable bonds is 4. The lowest BCUT2D eigenvalue weighted by Gasteiger charge is -2.30. The van der Waals surface area contributed by atoms with Gasteiger partial charge < -0.3 is 19.9 Å². The summed E-state index contributed by atoms with van der Waals surface area (Å²) in [6.07, 6.45) is 0.479. The Balaban J connectivity index is 2.13. The van der Waals surface area contributed by atoms with E-state index in [0.29, 0.717) is 19.8 Å². The van der Waals surface area contributed by atoms with Crippen LogP contribution in [0.2, 0.25) is 0 Å². The molecule has 4 nitrogen and oxygen atoms in total. The van der Waals surface area contributed by atoms with Crippen LogP contribution in [0.4, 0.5) is 0 Å². The number of fused-ring (bicyclic) bond motifs is 1. The second-order valence-corrected chi connectivity index (χ2v) is 5.55. The summed E-state index contributed by atoms with van der Waals surface area (Å²) < 4.78 is 11.4. The van der Waals surface area contributed by atoms with Gasteiger partial charge in [0.05, 0.1) is 19.3 Å². The van der Waals surface area contributed by atoms with Gasteiger partial charge in [-0.3, -0.25) is 0 Å². The maximum atomic E-state index is 9.72. The first kappa shape index (κ1) is 14.2. The molecule has 0 spiro atoms. The molecule has 0 radical (unpaired) electrons. The summed E-state index contributed by atoms with van der Waals surface area (Å²) in [6.45, 7) is 7.78. The van der Waals surface area contributed by atoms with E-state index in [1.54, 1.807) is 6.92 Å². The van der Waals surface area contributed by atoms with Gasteiger partial charge in [-0.15, -0.1) is 0 Å². The predicted octanol–water partition coefficient (Wildman–Crippen LogP) is 2.10. The van der Waals surface area contributed by atoms with Crippen LogP contribution in [0.25, 0.3) is 0 Å². The van der Waals surface area contributed by atoms with Gasteiger partial charge >= 0.3 is 0 Å². The van der Waals surface area contributed by atoms with Crippen molar-refractivity contribution in [1.29, 1.82) is 0 Å². The van der Waals surface area contributed by atoms with Gasteiger partial charge in [-0.25, -0.2) is 0 Å². The van der Waals surface area contributed by atoms with E-state index in [1.807, 2.05) is 32.0 Å². The first-order valence-corrected chi connectivity index (χ1v) is 6.81. The summed E-state index contributed by atoms with van der Waals surface area (Å²) in [6, 6.07) is 5.93. The van der Waals surface area contributed by atoms with Crippen molar-refractivity contribution >= 4 is 0 Å². The van der Waals surface area contributed by atoms with Crippen molar-refractivity contribution < 1.29 is 14.6 Å². The standard InChI is InChI=1S/C15H23NO3/c1-11(17)15(2,3)16-10-12-6-4-7-13-14(12)19-9-5-8-18-13/h4,6-7,11,16-17H,5,8-10H2,1-3H3. The number of ether oxygens (including phenoxy) is 2. The van der Waals surface area contributed by atoms with Gasteiger partial charge in [0.15, 0.2) is 11.5 Å². The molecule has 1 aromatic carbocycles. The number of hydrogen-bond donors (Lipinski definition) is 2. The lowest BCUT2D eigenvalue weighted by Crippen LogP contribution is -2.47. The molecule has 1 heterocycles.